The number of methoxy groups -OCH3 is 2. The first-order valence-electron chi connectivity index (χ1n) is 7.03. The van der Waals surface area contributed by atoms with Crippen LogP contribution in [0.3, 0.4) is 0 Å². The molecule has 0 saturated heterocycles. The summed E-state index contributed by atoms with van der Waals surface area (Å²) in [4.78, 5) is 0. The first-order valence-corrected chi connectivity index (χ1v) is 7.41. The van der Waals surface area contributed by atoms with Crippen LogP contribution in [-0.2, 0) is 0 Å². The van der Waals surface area contributed by atoms with Gasteiger partial charge >= 0.3 is 0 Å². The molecular formula is C16H22ClNO2. The Morgan fingerprint density at radius 3 is 2.65 bits per heavy atom. The maximum Gasteiger partial charge on any atom is 0.179 e. The summed E-state index contributed by atoms with van der Waals surface area (Å²) in [5.41, 5.74) is 8.67. The maximum atomic E-state index is 6.40. The molecule has 0 amide bonds. The van der Waals surface area contributed by atoms with Gasteiger partial charge in [0.15, 0.2) is 11.5 Å². The van der Waals surface area contributed by atoms with Gasteiger partial charge in [-0.15, -0.1) is 0 Å². The molecule has 1 aliphatic rings. The van der Waals surface area contributed by atoms with E-state index in [4.69, 9.17) is 26.8 Å². The number of nitrogens with two attached hydrogens (primary N) is 1. The summed E-state index contributed by atoms with van der Waals surface area (Å²) in [5, 5.41) is 0.534. The molecule has 4 heteroatoms. The van der Waals surface area contributed by atoms with Gasteiger partial charge in [0.05, 0.1) is 25.3 Å². The second-order valence-electron chi connectivity index (χ2n) is 5.09. The molecule has 2 rings (SSSR count). The van der Waals surface area contributed by atoms with Crippen LogP contribution < -0.4 is 15.2 Å². The Morgan fingerprint density at radius 1 is 1.15 bits per heavy atom. The Morgan fingerprint density at radius 2 is 1.95 bits per heavy atom. The van der Waals surface area contributed by atoms with Crippen LogP contribution >= 0.6 is 11.6 Å². The number of hydrogen-bond donors (Lipinski definition) is 1. The van der Waals surface area contributed by atoms with Gasteiger partial charge in [-0.05, 0) is 43.4 Å². The zero-order chi connectivity index (χ0) is 14.5. The zero-order valence-corrected chi connectivity index (χ0v) is 12.9. The molecule has 20 heavy (non-hydrogen) atoms. The van der Waals surface area contributed by atoms with Gasteiger partial charge in [0.2, 0.25) is 0 Å². The molecule has 0 heterocycles. The lowest BCUT2D eigenvalue weighted by Gasteiger charge is -2.18. The van der Waals surface area contributed by atoms with Gasteiger partial charge in [-0.2, -0.15) is 0 Å². The number of allylic oxidation sites excluding steroid dienone is 1. The van der Waals surface area contributed by atoms with E-state index < -0.39 is 0 Å². The molecule has 110 valence electrons. The maximum absolute atomic E-state index is 6.40. The minimum Gasteiger partial charge on any atom is -0.493 e. The van der Waals surface area contributed by atoms with Gasteiger partial charge in [-0.25, -0.2) is 0 Å². The highest BCUT2D eigenvalue weighted by atomic mass is 35.5. The molecule has 0 bridgehead atoms. The molecular weight excluding hydrogens is 274 g/mol. The van der Waals surface area contributed by atoms with Crippen molar-refractivity contribution in [1.82, 2.24) is 0 Å². The molecule has 2 N–H and O–H groups in total. The Bertz CT molecular complexity index is 499. The summed E-state index contributed by atoms with van der Waals surface area (Å²) in [5.74, 6) is 1.18. The summed E-state index contributed by atoms with van der Waals surface area (Å²) in [6, 6.07) is 3.67. The fourth-order valence-corrected chi connectivity index (χ4v) is 2.95. The van der Waals surface area contributed by atoms with E-state index >= 15 is 0 Å². The van der Waals surface area contributed by atoms with Crippen LogP contribution in [0.2, 0.25) is 5.02 Å². The van der Waals surface area contributed by atoms with E-state index in [0.717, 1.165) is 18.4 Å². The van der Waals surface area contributed by atoms with Crippen LogP contribution in [0.15, 0.2) is 23.8 Å². The summed E-state index contributed by atoms with van der Waals surface area (Å²) in [6.07, 6.45) is 8.20. The topological polar surface area (TPSA) is 44.5 Å². The van der Waals surface area contributed by atoms with Gasteiger partial charge in [0.25, 0.3) is 0 Å². The molecule has 1 unspecified atom stereocenters. The molecule has 1 aromatic carbocycles. The van der Waals surface area contributed by atoms with Crippen molar-refractivity contribution in [3.05, 3.63) is 34.4 Å². The van der Waals surface area contributed by atoms with Crippen molar-refractivity contribution >= 4 is 11.6 Å². The quantitative estimate of drug-likeness (QED) is 0.845. The molecule has 0 radical (unpaired) electrons. The second-order valence-corrected chi connectivity index (χ2v) is 5.50. The molecule has 0 spiro atoms. The Labute approximate surface area is 125 Å². The minimum absolute atomic E-state index is 0.120. The zero-order valence-electron chi connectivity index (χ0n) is 12.1. The molecule has 1 aliphatic carbocycles. The van der Waals surface area contributed by atoms with Crippen LogP contribution in [0.5, 0.6) is 11.5 Å². The summed E-state index contributed by atoms with van der Waals surface area (Å²) < 4.78 is 10.6. The SMILES string of the molecule is COc1cc(C(N)C2=CCCCCC2)cc(Cl)c1OC. The van der Waals surface area contributed by atoms with E-state index in [0.29, 0.717) is 16.5 Å². The number of rotatable bonds is 4. The van der Waals surface area contributed by atoms with Gasteiger partial charge in [0.1, 0.15) is 0 Å². The van der Waals surface area contributed by atoms with Gasteiger partial charge in [0, 0.05) is 0 Å². The highest BCUT2D eigenvalue weighted by Gasteiger charge is 2.18. The minimum atomic E-state index is -0.120. The molecule has 1 aromatic rings. The predicted molar refractivity (Wildman–Crippen MR) is 82.7 cm³/mol. The first kappa shape index (κ1) is 15.2. The third-order valence-corrected chi connectivity index (χ3v) is 4.07. The van der Waals surface area contributed by atoms with E-state index in [1.54, 1.807) is 14.2 Å². The Balaban J connectivity index is 2.32. The van der Waals surface area contributed by atoms with Crippen LogP contribution in [0.1, 0.15) is 43.7 Å². The third kappa shape index (κ3) is 3.28. The highest BCUT2D eigenvalue weighted by molar-refractivity contribution is 6.32. The van der Waals surface area contributed by atoms with Crippen molar-refractivity contribution in [1.29, 1.82) is 0 Å². The number of hydrogen-bond acceptors (Lipinski definition) is 3. The standard InChI is InChI=1S/C16H22ClNO2/c1-19-14-10-12(9-13(17)16(14)20-2)15(18)11-7-5-3-4-6-8-11/h7,9-10,15H,3-6,8,18H2,1-2H3. The lowest BCUT2D eigenvalue weighted by molar-refractivity contribution is 0.354. The van der Waals surface area contributed by atoms with Gasteiger partial charge in [-0.1, -0.05) is 29.7 Å². The van der Waals surface area contributed by atoms with Crippen LogP contribution in [0.25, 0.3) is 0 Å². The molecule has 3 nitrogen and oxygen atoms in total. The average Bonchev–Trinajstić information content (AvgIpc) is 2.74. The normalized spacial score (nSPS) is 17.1. The summed E-state index contributed by atoms with van der Waals surface area (Å²) in [7, 11) is 3.19. The Hall–Kier alpha value is -1.19. The van der Waals surface area contributed by atoms with Crippen LogP contribution in [0, 0.1) is 0 Å². The molecule has 0 fully saturated rings. The summed E-state index contributed by atoms with van der Waals surface area (Å²) in [6.45, 7) is 0. The molecule has 0 aliphatic heterocycles. The van der Waals surface area contributed by atoms with Crippen LogP contribution in [0.4, 0.5) is 0 Å². The fourth-order valence-electron chi connectivity index (χ4n) is 2.65. The molecule has 0 saturated carbocycles. The number of halogens is 1. The van der Waals surface area contributed by atoms with Crippen molar-refractivity contribution in [3.63, 3.8) is 0 Å². The van der Waals surface area contributed by atoms with Crippen molar-refractivity contribution in [2.45, 2.75) is 38.1 Å². The van der Waals surface area contributed by atoms with Gasteiger partial charge < -0.3 is 15.2 Å². The lowest BCUT2D eigenvalue weighted by atomic mass is 9.95. The van der Waals surface area contributed by atoms with Crippen molar-refractivity contribution in [3.8, 4) is 11.5 Å². The first-order chi connectivity index (χ1) is 9.67. The van der Waals surface area contributed by atoms with E-state index in [9.17, 15) is 0 Å². The van der Waals surface area contributed by atoms with E-state index in [1.165, 1.54) is 24.8 Å². The third-order valence-electron chi connectivity index (χ3n) is 3.79. The van der Waals surface area contributed by atoms with Crippen molar-refractivity contribution in [2.24, 2.45) is 5.73 Å². The van der Waals surface area contributed by atoms with Gasteiger partial charge in [-0.3, -0.25) is 0 Å². The van der Waals surface area contributed by atoms with Crippen molar-refractivity contribution < 1.29 is 9.47 Å². The van der Waals surface area contributed by atoms with E-state index in [1.807, 2.05) is 12.1 Å². The Kier molecular flexibility index (Phi) is 5.32. The monoisotopic (exact) mass is 295 g/mol. The van der Waals surface area contributed by atoms with E-state index in [2.05, 4.69) is 6.08 Å². The fraction of sp³-hybridized carbons (Fsp3) is 0.500. The molecule has 1 atom stereocenters. The average molecular weight is 296 g/mol. The van der Waals surface area contributed by atoms with Crippen LogP contribution in [-0.4, -0.2) is 14.2 Å². The number of benzene rings is 1. The second kappa shape index (κ2) is 7.00. The number of ether oxygens (including phenoxy) is 2. The smallest absolute Gasteiger partial charge is 0.179 e. The largest absolute Gasteiger partial charge is 0.493 e. The highest BCUT2D eigenvalue weighted by Crippen LogP contribution is 2.39. The summed E-state index contributed by atoms with van der Waals surface area (Å²) >= 11 is 6.25. The molecule has 0 aromatic heterocycles. The predicted octanol–water partition coefficient (Wildman–Crippen LogP) is 4.25. The lowest BCUT2D eigenvalue weighted by Crippen LogP contribution is -2.13. The van der Waals surface area contributed by atoms with E-state index in [-0.39, 0.29) is 6.04 Å². The van der Waals surface area contributed by atoms with Crippen molar-refractivity contribution in [2.75, 3.05) is 14.2 Å².